The zero-order valence-corrected chi connectivity index (χ0v) is 16.4. The number of nitrogens with zero attached hydrogens (tertiary/aromatic N) is 1. The van der Waals surface area contributed by atoms with E-state index in [4.69, 9.17) is 0 Å². The standard InChI is InChI=1S/C24H25FN2O/c1-17-13-14-18(2)22(15-17)26-24(28)23(19-9-5-4-6-10-19)27(3)16-20-11-7-8-12-21(20)25/h4-15,23H,16H2,1-3H3,(H,26,28)/t23-/m1/s1. The molecule has 0 spiro atoms. The van der Waals surface area contributed by atoms with Gasteiger partial charge in [-0.1, -0.05) is 60.7 Å². The molecule has 3 aromatic carbocycles. The summed E-state index contributed by atoms with van der Waals surface area (Å²) in [6.07, 6.45) is 0. The Morgan fingerprint density at radius 3 is 2.39 bits per heavy atom. The maximum Gasteiger partial charge on any atom is 0.246 e. The minimum absolute atomic E-state index is 0.140. The minimum atomic E-state index is -0.541. The fraction of sp³-hybridized carbons (Fsp3) is 0.208. The number of hydrogen-bond donors (Lipinski definition) is 1. The van der Waals surface area contributed by atoms with Crippen molar-refractivity contribution in [2.24, 2.45) is 0 Å². The first-order valence-electron chi connectivity index (χ1n) is 9.32. The predicted molar refractivity (Wildman–Crippen MR) is 112 cm³/mol. The van der Waals surface area contributed by atoms with Crippen molar-refractivity contribution in [2.75, 3.05) is 12.4 Å². The van der Waals surface area contributed by atoms with Gasteiger partial charge in [0, 0.05) is 17.8 Å². The second-order valence-corrected chi connectivity index (χ2v) is 7.13. The molecule has 28 heavy (non-hydrogen) atoms. The van der Waals surface area contributed by atoms with Crippen LogP contribution in [-0.2, 0) is 11.3 Å². The number of anilines is 1. The van der Waals surface area contributed by atoms with Crippen LogP contribution < -0.4 is 5.32 Å². The van der Waals surface area contributed by atoms with Crippen LogP contribution in [0.25, 0.3) is 0 Å². The molecule has 0 unspecified atom stereocenters. The number of likely N-dealkylation sites (N-methyl/N-ethyl adjacent to an activating group) is 1. The summed E-state index contributed by atoms with van der Waals surface area (Å²) in [6, 6.07) is 21.7. The average Bonchev–Trinajstić information content (AvgIpc) is 2.67. The lowest BCUT2D eigenvalue weighted by Gasteiger charge is -2.28. The first-order chi connectivity index (χ1) is 13.5. The molecule has 3 aromatic rings. The highest BCUT2D eigenvalue weighted by molar-refractivity contribution is 5.96. The van der Waals surface area contributed by atoms with E-state index in [1.807, 2.05) is 74.3 Å². The summed E-state index contributed by atoms with van der Waals surface area (Å²) in [5.74, 6) is -0.408. The molecule has 0 aromatic heterocycles. The summed E-state index contributed by atoms with van der Waals surface area (Å²) >= 11 is 0. The van der Waals surface area contributed by atoms with Gasteiger partial charge >= 0.3 is 0 Å². The number of carbonyl (C=O) groups is 1. The van der Waals surface area contributed by atoms with Crippen LogP contribution in [0.1, 0.15) is 28.3 Å². The van der Waals surface area contributed by atoms with E-state index in [1.165, 1.54) is 6.07 Å². The molecule has 0 aliphatic carbocycles. The maximum absolute atomic E-state index is 14.1. The van der Waals surface area contributed by atoms with Crippen molar-refractivity contribution in [2.45, 2.75) is 26.4 Å². The lowest BCUT2D eigenvalue weighted by Crippen LogP contribution is -2.34. The van der Waals surface area contributed by atoms with Crippen LogP contribution >= 0.6 is 0 Å². The van der Waals surface area contributed by atoms with Gasteiger partial charge in [0.15, 0.2) is 0 Å². The topological polar surface area (TPSA) is 32.3 Å². The molecule has 0 saturated carbocycles. The molecule has 0 heterocycles. The van der Waals surface area contributed by atoms with Gasteiger partial charge in [-0.15, -0.1) is 0 Å². The molecule has 4 heteroatoms. The third-order valence-electron chi connectivity index (χ3n) is 4.83. The molecule has 0 saturated heterocycles. The third-order valence-corrected chi connectivity index (χ3v) is 4.83. The summed E-state index contributed by atoms with van der Waals surface area (Å²) < 4.78 is 14.1. The Morgan fingerprint density at radius 1 is 1.00 bits per heavy atom. The number of amides is 1. The summed E-state index contributed by atoms with van der Waals surface area (Å²) in [7, 11) is 1.84. The Labute approximate surface area is 165 Å². The summed E-state index contributed by atoms with van der Waals surface area (Å²) in [5.41, 5.74) is 4.30. The summed E-state index contributed by atoms with van der Waals surface area (Å²) in [6.45, 7) is 4.29. The van der Waals surface area contributed by atoms with Gasteiger partial charge in [0.25, 0.3) is 0 Å². The monoisotopic (exact) mass is 376 g/mol. The number of aryl methyl sites for hydroxylation is 2. The molecule has 3 rings (SSSR count). The van der Waals surface area contributed by atoms with Crippen LogP contribution in [0.2, 0.25) is 0 Å². The van der Waals surface area contributed by atoms with Gasteiger partial charge in [-0.3, -0.25) is 9.69 Å². The van der Waals surface area contributed by atoms with Crippen LogP contribution in [0.4, 0.5) is 10.1 Å². The third kappa shape index (κ3) is 4.65. The van der Waals surface area contributed by atoms with Gasteiger partial charge in [0.05, 0.1) is 0 Å². The number of rotatable bonds is 6. The van der Waals surface area contributed by atoms with Crippen LogP contribution in [0, 0.1) is 19.7 Å². The van der Waals surface area contributed by atoms with E-state index in [2.05, 4.69) is 5.32 Å². The van der Waals surface area contributed by atoms with Crippen LogP contribution in [0.15, 0.2) is 72.8 Å². The van der Waals surface area contributed by atoms with Gasteiger partial charge < -0.3 is 5.32 Å². The first kappa shape index (κ1) is 19.8. The van der Waals surface area contributed by atoms with Crippen molar-refractivity contribution in [3.63, 3.8) is 0 Å². The second kappa shape index (κ2) is 8.81. The normalized spacial score (nSPS) is 12.0. The van der Waals surface area contributed by atoms with Gasteiger partial charge in [-0.05, 0) is 49.7 Å². The van der Waals surface area contributed by atoms with Crippen molar-refractivity contribution < 1.29 is 9.18 Å². The number of carbonyl (C=O) groups excluding carboxylic acids is 1. The van der Waals surface area contributed by atoms with E-state index in [0.29, 0.717) is 12.1 Å². The van der Waals surface area contributed by atoms with Gasteiger partial charge in [-0.2, -0.15) is 0 Å². The highest BCUT2D eigenvalue weighted by Gasteiger charge is 2.26. The average molecular weight is 376 g/mol. The molecule has 3 nitrogen and oxygen atoms in total. The lowest BCUT2D eigenvalue weighted by atomic mass is 10.0. The fourth-order valence-corrected chi connectivity index (χ4v) is 3.30. The Bertz CT molecular complexity index is 956. The molecule has 1 N–H and O–H groups in total. The zero-order valence-electron chi connectivity index (χ0n) is 16.4. The summed E-state index contributed by atoms with van der Waals surface area (Å²) in [5, 5.41) is 3.06. The van der Waals surface area contributed by atoms with E-state index in [1.54, 1.807) is 18.2 Å². The maximum atomic E-state index is 14.1. The molecule has 1 amide bonds. The van der Waals surface area contributed by atoms with Gasteiger partial charge in [0.1, 0.15) is 11.9 Å². The molecule has 0 aliphatic rings. The molecular weight excluding hydrogens is 351 g/mol. The van der Waals surface area contributed by atoms with E-state index < -0.39 is 6.04 Å². The van der Waals surface area contributed by atoms with Gasteiger partial charge in [-0.25, -0.2) is 4.39 Å². The smallest absolute Gasteiger partial charge is 0.246 e. The van der Waals surface area contributed by atoms with Gasteiger partial charge in [0.2, 0.25) is 5.91 Å². The largest absolute Gasteiger partial charge is 0.324 e. The molecule has 0 bridgehead atoms. The molecule has 144 valence electrons. The van der Waals surface area contributed by atoms with Crippen LogP contribution in [0.5, 0.6) is 0 Å². The van der Waals surface area contributed by atoms with E-state index in [0.717, 1.165) is 22.4 Å². The van der Waals surface area contributed by atoms with Crippen LogP contribution in [0.3, 0.4) is 0 Å². The van der Waals surface area contributed by atoms with Crippen molar-refractivity contribution in [1.29, 1.82) is 0 Å². The van der Waals surface area contributed by atoms with Crippen LogP contribution in [-0.4, -0.2) is 17.9 Å². The van der Waals surface area contributed by atoms with Crippen molar-refractivity contribution in [3.05, 3.63) is 101 Å². The van der Waals surface area contributed by atoms with Crippen molar-refractivity contribution in [1.82, 2.24) is 4.90 Å². The quantitative estimate of drug-likeness (QED) is 0.637. The Balaban J connectivity index is 1.89. The predicted octanol–water partition coefficient (Wildman–Crippen LogP) is 5.25. The molecule has 1 atom stereocenters. The molecule has 0 radical (unpaired) electrons. The van der Waals surface area contributed by atoms with E-state index >= 15 is 0 Å². The van der Waals surface area contributed by atoms with E-state index in [-0.39, 0.29) is 11.7 Å². The number of halogens is 1. The molecule has 0 fully saturated rings. The lowest BCUT2D eigenvalue weighted by molar-refractivity contribution is -0.121. The minimum Gasteiger partial charge on any atom is -0.324 e. The van der Waals surface area contributed by atoms with E-state index in [9.17, 15) is 9.18 Å². The van der Waals surface area contributed by atoms with Crippen molar-refractivity contribution in [3.8, 4) is 0 Å². The Hall–Kier alpha value is -2.98. The Morgan fingerprint density at radius 2 is 1.68 bits per heavy atom. The first-order valence-corrected chi connectivity index (χ1v) is 9.32. The summed E-state index contributed by atoms with van der Waals surface area (Å²) in [4.78, 5) is 15.1. The molecular formula is C24H25FN2O. The Kier molecular flexibility index (Phi) is 6.22. The SMILES string of the molecule is Cc1ccc(C)c(NC(=O)[C@@H](c2ccccc2)N(C)Cc2ccccc2F)c1. The number of nitrogens with one attached hydrogen (secondary N) is 1. The fourth-order valence-electron chi connectivity index (χ4n) is 3.30. The molecule has 0 aliphatic heterocycles. The highest BCUT2D eigenvalue weighted by Crippen LogP contribution is 2.25. The highest BCUT2D eigenvalue weighted by atomic mass is 19.1. The second-order valence-electron chi connectivity index (χ2n) is 7.13. The number of hydrogen-bond acceptors (Lipinski definition) is 2. The zero-order chi connectivity index (χ0) is 20.1. The van der Waals surface area contributed by atoms with Crippen molar-refractivity contribution >= 4 is 11.6 Å². The number of benzene rings is 3.